The Kier molecular flexibility index (Phi) is 6.25. The van der Waals surface area contributed by atoms with Gasteiger partial charge in [0, 0.05) is 0 Å². The van der Waals surface area contributed by atoms with Gasteiger partial charge in [-0.25, -0.2) is 4.79 Å². The van der Waals surface area contributed by atoms with Gasteiger partial charge >= 0.3 is 5.97 Å². The van der Waals surface area contributed by atoms with Crippen molar-refractivity contribution in [3.8, 4) is 5.75 Å². The lowest BCUT2D eigenvalue weighted by molar-refractivity contribution is 0.0486. The van der Waals surface area contributed by atoms with E-state index in [0.717, 1.165) is 11.7 Å². The van der Waals surface area contributed by atoms with Crippen molar-refractivity contribution >= 4 is 5.97 Å². The first-order chi connectivity index (χ1) is 13.0. The Hall–Kier alpha value is -2.23. The molecule has 27 heavy (non-hydrogen) atoms. The average Bonchev–Trinajstić information content (AvgIpc) is 3.17. The number of benzene rings is 1. The maximum absolute atomic E-state index is 11.6. The van der Waals surface area contributed by atoms with E-state index in [0.29, 0.717) is 12.4 Å². The lowest BCUT2D eigenvalue weighted by Crippen LogP contribution is -2.30. The highest BCUT2D eigenvalue weighted by Crippen LogP contribution is 2.41. The van der Waals surface area contributed by atoms with Crippen LogP contribution >= 0.6 is 0 Å². The van der Waals surface area contributed by atoms with Gasteiger partial charge in [0.1, 0.15) is 18.1 Å². The van der Waals surface area contributed by atoms with Crippen molar-refractivity contribution in [3.63, 3.8) is 0 Å². The predicted molar refractivity (Wildman–Crippen MR) is 105 cm³/mol. The number of ether oxygens (including phenoxy) is 2. The number of hydrogen-bond acceptors (Lipinski definition) is 4. The lowest BCUT2D eigenvalue weighted by atomic mass is 9.67. The first kappa shape index (κ1) is 19.5. The minimum atomic E-state index is -0.446. The maximum atomic E-state index is 11.6. The van der Waals surface area contributed by atoms with Crippen LogP contribution in [0.5, 0.6) is 5.75 Å². The molecule has 1 aliphatic carbocycles. The molecule has 1 aromatic carbocycles. The van der Waals surface area contributed by atoms with E-state index in [1.54, 1.807) is 19.1 Å². The van der Waals surface area contributed by atoms with Gasteiger partial charge in [-0.2, -0.15) is 0 Å². The number of carbonyl (C=O) groups is 1. The zero-order valence-electron chi connectivity index (χ0n) is 16.6. The first-order valence-electron chi connectivity index (χ1n) is 10.00. The van der Waals surface area contributed by atoms with E-state index in [4.69, 9.17) is 13.9 Å². The molecule has 0 saturated heterocycles. The summed E-state index contributed by atoms with van der Waals surface area (Å²) in [6, 6.07) is 11.8. The molecule has 1 saturated carbocycles. The van der Waals surface area contributed by atoms with E-state index in [2.05, 4.69) is 26.0 Å². The monoisotopic (exact) mass is 370 g/mol. The molecule has 4 nitrogen and oxygen atoms in total. The summed E-state index contributed by atoms with van der Waals surface area (Å²) in [6.45, 7) is 7.10. The fraction of sp³-hybridized carbons (Fsp3) is 0.522. The lowest BCUT2D eigenvalue weighted by Gasteiger charge is -2.37. The third kappa shape index (κ3) is 4.74. The van der Waals surface area contributed by atoms with E-state index in [-0.39, 0.29) is 17.8 Å². The molecule has 0 spiro atoms. The van der Waals surface area contributed by atoms with Crippen molar-refractivity contribution in [3.05, 3.63) is 53.5 Å². The highest BCUT2D eigenvalue weighted by Gasteiger charge is 2.32. The second-order valence-electron chi connectivity index (χ2n) is 7.86. The fourth-order valence-corrected chi connectivity index (χ4v) is 3.96. The summed E-state index contributed by atoms with van der Waals surface area (Å²) in [6.07, 6.45) is 6.74. The summed E-state index contributed by atoms with van der Waals surface area (Å²) in [5.41, 5.74) is 1.55. The van der Waals surface area contributed by atoms with Crippen molar-refractivity contribution in [1.82, 2.24) is 0 Å². The molecular weight excluding hydrogens is 340 g/mol. The molecule has 1 heterocycles. The molecule has 2 aromatic rings. The minimum absolute atomic E-state index is 0.189. The second-order valence-corrected chi connectivity index (χ2v) is 7.86. The van der Waals surface area contributed by atoms with Gasteiger partial charge in [0.25, 0.3) is 0 Å². The Morgan fingerprint density at radius 1 is 1.07 bits per heavy atom. The molecule has 0 radical (unpaired) electrons. The average molecular weight is 370 g/mol. The summed E-state index contributed by atoms with van der Waals surface area (Å²) in [5.74, 6) is 1.91. The molecule has 0 amide bonds. The van der Waals surface area contributed by atoms with E-state index in [1.165, 1.54) is 37.7 Å². The Balaban J connectivity index is 1.58. The first-order valence-corrected chi connectivity index (χ1v) is 10.00. The highest BCUT2D eigenvalue weighted by atomic mass is 16.5. The van der Waals surface area contributed by atoms with Crippen LogP contribution in [0.25, 0.3) is 0 Å². The quantitative estimate of drug-likeness (QED) is 0.570. The van der Waals surface area contributed by atoms with Crippen molar-refractivity contribution in [2.24, 2.45) is 5.92 Å². The zero-order valence-corrected chi connectivity index (χ0v) is 16.6. The predicted octanol–water partition coefficient (Wildman–Crippen LogP) is 5.89. The number of carbonyl (C=O) groups excluding carboxylic acids is 1. The van der Waals surface area contributed by atoms with E-state index in [9.17, 15) is 4.79 Å². The zero-order chi connectivity index (χ0) is 19.3. The molecule has 0 N–H and O–H groups in total. The minimum Gasteiger partial charge on any atom is -0.486 e. The molecular formula is C23H30O4. The second kappa shape index (κ2) is 8.64. The summed E-state index contributed by atoms with van der Waals surface area (Å²) < 4.78 is 16.2. The van der Waals surface area contributed by atoms with Crippen molar-refractivity contribution in [2.45, 2.75) is 64.9 Å². The number of furan rings is 1. The topological polar surface area (TPSA) is 48.7 Å². The van der Waals surface area contributed by atoms with Crippen LogP contribution in [0.4, 0.5) is 0 Å². The van der Waals surface area contributed by atoms with E-state index >= 15 is 0 Å². The number of rotatable bonds is 7. The Morgan fingerprint density at radius 2 is 1.78 bits per heavy atom. The van der Waals surface area contributed by atoms with Gasteiger partial charge in [-0.3, -0.25) is 0 Å². The van der Waals surface area contributed by atoms with Crippen molar-refractivity contribution in [2.75, 3.05) is 6.61 Å². The van der Waals surface area contributed by atoms with Crippen molar-refractivity contribution in [1.29, 1.82) is 0 Å². The molecule has 4 heteroatoms. The molecule has 1 aromatic heterocycles. The molecule has 3 rings (SSSR count). The van der Waals surface area contributed by atoms with Crippen LogP contribution in [0.3, 0.4) is 0 Å². The Bertz CT molecular complexity index is 736. The van der Waals surface area contributed by atoms with Crippen LogP contribution < -0.4 is 4.74 Å². The summed E-state index contributed by atoms with van der Waals surface area (Å²) in [4.78, 5) is 11.6. The molecule has 0 atom stereocenters. The molecule has 1 aliphatic rings. The Labute approximate surface area is 161 Å². The molecule has 0 aliphatic heterocycles. The van der Waals surface area contributed by atoms with Crippen LogP contribution in [0.1, 0.15) is 74.8 Å². The van der Waals surface area contributed by atoms with Crippen LogP contribution in [-0.2, 0) is 16.8 Å². The molecule has 0 bridgehead atoms. The van der Waals surface area contributed by atoms with Gasteiger partial charge in [0.15, 0.2) is 0 Å². The largest absolute Gasteiger partial charge is 0.486 e. The van der Waals surface area contributed by atoms with Crippen molar-refractivity contribution < 1.29 is 18.7 Å². The summed E-state index contributed by atoms with van der Waals surface area (Å²) in [5, 5.41) is 0. The normalized spacial score (nSPS) is 15.5. The molecule has 146 valence electrons. The van der Waals surface area contributed by atoms with Crippen LogP contribution in [-0.4, -0.2) is 12.6 Å². The molecule has 0 unspecified atom stereocenters. The van der Waals surface area contributed by atoms with Gasteiger partial charge in [-0.15, -0.1) is 0 Å². The summed E-state index contributed by atoms with van der Waals surface area (Å²) >= 11 is 0. The van der Waals surface area contributed by atoms with Crippen LogP contribution in [0, 0.1) is 5.92 Å². The van der Waals surface area contributed by atoms with Gasteiger partial charge in [0.2, 0.25) is 5.76 Å². The van der Waals surface area contributed by atoms with Gasteiger partial charge in [-0.05, 0) is 60.9 Å². The standard InChI is InChI=1S/C23H30O4/c1-4-25-22(24)21-15-14-20(27-21)16-26-19-12-10-18(11-13-19)23(2,3)17-8-6-5-7-9-17/h10-15,17H,4-9,16H2,1-3H3. The fourth-order valence-electron chi connectivity index (χ4n) is 3.96. The molecule has 1 fully saturated rings. The van der Waals surface area contributed by atoms with E-state index < -0.39 is 5.97 Å². The summed E-state index contributed by atoms with van der Waals surface area (Å²) in [7, 11) is 0. The van der Waals surface area contributed by atoms with E-state index in [1.807, 2.05) is 12.1 Å². The number of esters is 1. The van der Waals surface area contributed by atoms with Crippen LogP contribution in [0.15, 0.2) is 40.8 Å². The van der Waals surface area contributed by atoms with Gasteiger partial charge in [0.05, 0.1) is 6.61 Å². The SMILES string of the molecule is CCOC(=O)c1ccc(COc2ccc(C(C)(C)C3CCCCC3)cc2)o1. The smallest absolute Gasteiger partial charge is 0.374 e. The maximum Gasteiger partial charge on any atom is 0.374 e. The third-order valence-electron chi connectivity index (χ3n) is 5.74. The number of hydrogen-bond donors (Lipinski definition) is 0. The third-order valence-corrected chi connectivity index (χ3v) is 5.74. The van der Waals surface area contributed by atoms with Gasteiger partial charge in [-0.1, -0.05) is 45.2 Å². The Morgan fingerprint density at radius 3 is 2.44 bits per heavy atom. The highest BCUT2D eigenvalue weighted by molar-refractivity contribution is 5.86. The van der Waals surface area contributed by atoms with Crippen LogP contribution in [0.2, 0.25) is 0 Å². The van der Waals surface area contributed by atoms with Gasteiger partial charge < -0.3 is 13.9 Å².